The third kappa shape index (κ3) is 2.00. The molecule has 3 N–H and O–H groups in total. The highest BCUT2D eigenvalue weighted by Crippen LogP contribution is 2.26. The monoisotopic (exact) mass is 256 g/mol. The number of rotatable bonds is 2. The van der Waals surface area contributed by atoms with Gasteiger partial charge in [0.05, 0.1) is 16.9 Å². The second kappa shape index (κ2) is 4.11. The zero-order chi connectivity index (χ0) is 11.7. The highest BCUT2D eigenvalue weighted by molar-refractivity contribution is 6.33. The predicted molar refractivity (Wildman–Crippen MR) is 60.4 cm³/mol. The highest BCUT2D eigenvalue weighted by atomic mass is 35.5. The Labute approximate surface area is 101 Å². The molecule has 0 bridgehead atoms. The molecule has 2 aromatic heterocycles. The second-order valence-corrected chi connectivity index (χ2v) is 3.75. The van der Waals surface area contributed by atoms with E-state index in [0.29, 0.717) is 16.3 Å². The normalized spacial score (nSPS) is 10.4. The molecule has 2 rings (SSSR count). The average molecular weight is 257 g/mol. The van der Waals surface area contributed by atoms with Crippen molar-refractivity contribution in [2.24, 2.45) is 5.73 Å². The Balaban J connectivity index is 2.50. The molecule has 0 aliphatic heterocycles. The molecule has 0 unspecified atom stereocenters. The lowest BCUT2D eigenvalue weighted by Gasteiger charge is -1.99. The molecule has 0 atom stereocenters. The molecule has 0 radical (unpaired) electrons. The maximum Gasteiger partial charge on any atom is 0.265 e. The van der Waals surface area contributed by atoms with Gasteiger partial charge in [0.15, 0.2) is 0 Å². The molecule has 1 amide bonds. The zero-order valence-electron chi connectivity index (χ0n) is 7.87. The van der Waals surface area contributed by atoms with Gasteiger partial charge in [-0.2, -0.15) is 0 Å². The van der Waals surface area contributed by atoms with Gasteiger partial charge in [-0.15, -0.1) is 0 Å². The summed E-state index contributed by atoms with van der Waals surface area (Å²) in [5.74, 6) is -0.553. The fourth-order valence-electron chi connectivity index (χ4n) is 1.22. The van der Waals surface area contributed by atoms with Crippen molar-refractivity contribution in [1.82, 2.24) is 15.0 Å². The minimum absolute atomic E-state index is 0.0845. The number of H-pyrrole nitrogens is 1. The van der Waals surface area contributed by atoms with Crippen LogP contribution in [0.15, 0.2) is 18.5 Å². The summed E-state index contributed by atoms with van der Waals surface area (Å²) in [4.78, 5) is 21.3. The first kappa shape index (κ1) is 10.9. The van der Waals surface area contributed by atoms with Gasteiger partial charge in [-0.25, -0.2) is 9.97 Å². The number of amides is 1. The first-order chi connectivity index (χ1) is 7.58. The van der Waals surface area contributed by atoms with E-state index in [1.54, 1.807) is 12.3 Å². The molecule has 7 heteroatoms. The van der Waals surface area contributed by atoms with Gasteiger partial charge in [-0.1, -0.05) is 11.6 Å². The van der Waals surface area contributed by atoms with Crippen molar-refractivity contribution in [2.75, 3.05) is 0 Å². The molecule has 5 nitrogen and oxygen atoms in total. The van der Waals surface area contributed by atoms with Crippen LogP contribution in [-0.2, 0) is 0 Å². The lowest BCUT2D eigenvalue weighted by atomic mass is 10.2. The summed E-state index contributed by atoms with van der Waals surface area (Å²) in [6.07, 6.45) is 2.97. The molecular formula is C9H6Cl2N4O. The van der Waals surface area contributed by atoms with Crippen LogP contribution in [0.3, 0.4) is 0 Å². The Morgan fingerprint density at radius 1 is 1.44 bits per heavy atom. The molecule has 0 saturated heterocycles. The molecule has 2 aromatic rings. The number of hydrogen-bond acceptors (Lipinski definition) is 3. The second-order valence-electron chi connectivity index (χ2n) is 3.00. The van der Waals surface area contributed by atoms with E-state index in [9.17, 15) is 4.79 Å². The van der Waals surface area contributed by atoms with Crippen molar-refractivity contribution in [3.8, 4) is 11.3 Å². The first-order valence-electron chi connectivity index (χ1n) is 4.24. The Kier molecular flexibility index (Phi) is 2.80. The summed E-state index contributed by atoms with van der Waals surface area (Å²) < 4.78 is 0. The van der Waals surface area contributed by atoms with Crippen LogP contribution in [-0.4, -0.2) is 20.9 Å². The Morgan fingerprint density at radius 2 is 2.19 bits per heavy atom. The number of nitrogens with two attached hydrogens (primary N) is 1. The van der Waals surface area contributed by atoms with Crippen LogP contribution in [0, 0.1) is 0 Å². The Bertz CT molecular complexity index is 552. The number of halogens is 2. The van der Waals surface area contributed by atoms with E-state index in [1.807, 2.05) is 0 Å². The van der Waals surface area contributed by atoms with Crippen molar-refractivity contribution >= 4 is 29.1 Å². The number of hydrogen-bond donors (Lipinski definition) is 2. The molecule has 0 fully saturated rings. The maximum absolute atomic E-state index is 10.9. The van der Waals surface area contributed by atoms with Gasteiger partial charge >= 0.3 is 0 Å². The topological polar surface area (TPSA) is 84.7 Å². The summed E-state index contributed by atoms with van der Waals surface area (Å²) in [6, 6.07) is 1.55. The van der Waals surface area contributed by atoms with Gasteiger partial charge in [0.25, 0.3) is 5.91 Å². The van der Waals surface area contributed by atoms with Gasteiger partial charge in [0.2, 0.25) is 5.28 Å². The van der Waals surface area contributed by atoms with E-state index in [4.69, 9.17) is 28.9 Å². The van der Waals surface area contributed by atoms with Gasteiger partial charge in [-0.3, -0.25) is 4.79 Å². The third-order valence-electron chi connectivity index (χ3n) is 1.94. The fourth-order valence-corrected chi connectivity index (χ4v) is 1.55. The minimum atomic E-state index is -0.553. The fraction of sp³-hybridized carbons (Fsp3) is 0. The average Bonchev–Trinajstić information content (AvgIpc) is 2.70. The smallest absolute Gasteiger partial charge is 0.265 e. The molecule has 0 aliphatic rings. The van der Waals surface area contributed by atoms with E-state index in [1.165, 1.54) is 6.20 Å². The van der Waals surface area contributed by atoms with E-state index >= 15 is 0 Å². The van der Waals surface area contributed by atoms with Crippen LogP contribution in [0.2, 0.25) is 10.3 Å². The first-order valence-corrected chi connectivity index (χ1v) is 5.00. The van der Waals surface area contributed by atoms with E-state index in [-0.39, 0.29) is 11.0 Å². The van der Waals surface area contributed by atoms with Crippen LogP contribution in [0.25, 0.3) is 11.3 Å². The summed E-state index contributed by atoms with van der Waals surface area (Å²) in [6.45, 7) is 0. The summed E-state index contributed by atoms with van der Waals surface area (Å²) in [5, 5.41) is 0.431. The van der Waals surface area contributed by atoms with Crippen molar-refractivity contribution < 1.29 is 4.79 Å². The summed E-state index contributed by atoms with van der Waals surface area (Å²) in [7, 11) is 0. The number of nitrogens with zero attached hydrogens (tertiary/aromatic N) is 2. The van der Waals surface area contributed by atoms with E-state index < -0.39 is 5.91 Å². The van der Waals surface area contributed by atoms with Gasteiger partial charge < -0.3 is 10.7 Å². The van der Waals surface area contributed by atoms with Crippen molar-refractivity contribution in [2.45, 2.75) is 0 Å². The van der Waals surface area contributed by atoms with Crippen molar-refractivity contribution in [3.63, 3.8) is 0 Å². The number of primary amides is 1. The number of carbonyl (C=O) groups excluding carboxylic acids is 1. The SMILES string of the molecule is NC(=O)c1cc(-c2nc(Cl)ncc2Cl)c[nH]1. The van der Waals surface area contributed by atoms with Crippen LogP contribution in [0.1, 0.15) is 10.5 Å². The maximum atomic E-state index is 10.9. The summed E-state index contributed by atoms with van der Waals surface area (Å²) >= 11 is 11.6. The lowest BCUT2D eigenvalue weighted by molar-refractivity contribution is 0.0996. The largest absolute Gasteiger partial charge is 0.364 e. The van der Waals surface area contributed by atoms with Gasteiger partial charge in [0, 0.05) is 11.8 Å². The Morgan fingerprint density at radius 3 is 2.81 bits per heavy atom. The lowest BCUT2D eigenvalue weighted by Crippen LogP contribution is -2.10. The Hall–Kier alpha value is -1.59. The van der Waals surface area contributed by atoms with Crippen molar-refractivity contribution in [1.29, 1.82) is 0 Å². The number of aromatic nitrogens is 3. The van der Waals surface area contributed by atoms with E-state index in [2.05, 4.69) is 15.0 Å². The molecule has 2 heterocycles. The predicted octanol–water partition coefficient (Wildman–Crippen LogP) is 1.88. The van der Waals surface area contributed by atoms with Crippen LogP contribution < -0.4 is 5.73 Å². The molecule has 16 heavy (non-hydrogen) atoms. The molecule has 0 spiro atoms. The van der Waals surface area contributed by atoms with Crippen LogP contribution in [0.4, 0.5) is 0 Å². The van der Waals surface area contributed by atoms with Crippen LogP contribution >= 0.6 is 23.2 Å². The molecule has 0 aliphatic carbocycles. The number of nitrogens with one attached hydrogen (secondary N) is 1. The number of carbonyl (C=O) groups is 1. The zero-order valence-corrected chi connectivity index (χ0v) is 9.38. The van der Waals surface area contributed by atoms with E-state index in [0.717, 1.165) is 0 Å². The summed E-state index contributed by atoms with van der Waals surface area (Å²) in [5.41, 5.74) is 6.47. The van der Waals surface area contributed by atoms with Gasteiger partial charge in [0.1, 0.15) is 5.69 Å². The van der Waals surface area contributed by atoms with Crippen molar-refractivity contribution in [3.05, 3.63) is 34.5 Å². The number of aromatic amines is 1. The molecular weight excluding hydrogens is 251 g/mol. The standard InChI is InChI=1S/C9H6Cl2N4O/c10-5-3-14-9(11)15-7(5)4-1-6(8(12)16)13-2-4/h1-3,13H,(H2,12,16). The molecule has 0 aromatic carbocycles. The molecule has 82 valence electrons. The van der Waals surface area contributed by atoms with Gasteiger partial charge in [-0.05, 0) is 17.7 Å². The minimum Gasteiger partial charge on any atom is -0.364 e. The quantitative estimate of drug-likeness (QED) is 0.805. The highest BCUT2D eigenvalue weighted by Gasteiger charge is 2.11. The third-order valence-corrected chi connectivity index (χ3v) is 2.40. The molecule has 0 saturated carbocycles. The van der Waals surface area contributed by atoms with Crippen LogP contribution in [0.5, 0.6) is 0 Å².